The van der Waals surface area contributed by atoms with Crippen LogP contribution in [-0.4, -0.2) is 30.8 Å². The van der Waals surface area contributed by atoms with Gasteiger partial charge in [-0.2, -0.15) is 0 Å². The fourth-order valence-corrected chi connectivity index (χ4v) is 1.92. The molecule has 1 aromatic carbocycles. The molecular formula is C14H23FN2O. The number of aliphatic hydroxyl groups is 1. The summed E-state index contributed by atoms with van der Waals surface area (Å²) in [6.45, 7) is 7.87. The van der Waals surface area contributed by atoms with Crippen molar-refractivity contribution in [1.29, 1.82) is 0 Å². The Bertz CT molecular complexity index is 369. The predicted octanol–water partition coefficient (Wildman–Crippen LogP) is 2.14. The molecule has 2 N–H and O–H groups in total. The fraction of sp³-hybridized carbons (Fsp3) is 0.571. The Kier molecular flexibility index (Phi) is 6.09. The summed E-state index contributed by atoms with van der Waals surface area (Å²) in [5.41, 5.74) is 1.53. The second-order valence-corrected chi connectivity index (χ2v) is 4.59. The van der Waals surface area contributed by atoms with E-state index in [1.165, 1.54) is 6.07 Å². The average molecular weight is 254 g/mol. The minimum atomic E-state index is -0.228. The summed E-state index contributed by atoms with van der Waals surface area (Å²) in [6, 6.07) is 5.47. The van der Waals surface area contributed by atoms with E-state index in [2.05, 4.69) is 19.2 Å². The van der Waals surface area contributed by atoms with E-state index < -0.39 is 0 Å². The molecule has 1 aromatic rings. The molecule has 0 radical (unpaired) electrons. The molecule has 102 valence electrons. The normalized spacial score (nSPS) is 11.0. The molecule has 0 aliphatic carbocycles. The van der Waals surface area contributed by atoms with E-state index in [0.29, 0.717) is 31.4 Å². The SMILES string of the molecule is CCN(CCO)c1c(F)cccc1CNC(C)C. The van der Waals surface area contributed by atoms with Crippen LogP contribution in [-0.2, 0) is 6.54 Å². The van der Waals surface area contributed by atoms with Gasteiger partial charge in [0, 0.05) is 25.7 Å². The van der Waals surface area contributed by atoms with E-state index in [1.807, 2.05) is 17.9 Å². The van der Waals surface area contributed by atoms with Crippen molar-refractivity contribution in [2.75, 3.05) is 24.6 Å². The highest BCUT2D eigenvalue weighted by molar-refractivity contribution is 5.54. The fourth-order valence-electron chi connectivity index (χ4n) is 1.92. The van der Waals surface area contributed by atoms with Crippen LogP contribution in [0, 0.1) is 5.82 Å². The van der Waals surface area contributed by atoms with Crippen molar-refractivity contribution in [2.24, 2.45) is 0 Å². The molecule has 0 spiro atoms. The first-order valence-electron chi connectivity index (χ1n) is 6.46. The van der Waals surface area contributed by atoms with Gasteiger partial charge in [0.15, 0.2) is 0 Å². The summed E-state index contributed by atoms with van der Waals surface area (Å²) in [7, 11) is 0. The molecule has 0 aliphatic rings. The quantitative estimate of drug-likeness (QED) is 0.782. The van der Waals surface area contributed by atoms with Gasteiger partial charge in [-0.1, -0.05) is 26.0 Å². The van der Waals surface area contributed by atoms with E-state index in [1.54, 1.807) is 6.07 Å². The molecular weight excluding hydrogens is 231 g/mol. The number of halogens is 1. The Morgan fingerprint density at radius 3 is 2.67 bits per heavy atom. The van der Waals surface area contributed by atoms with Crippen LogP contribution in [0.2, 0.25) is 0 Å². The zero-order valence-electron chi connectivity index (χ0n) is 11.4. The minimum Gasteiger partial charge on any atom is -0.395 e. The third-order valence-electron chi connectivity index (χ3n) is 2.84. The summed E-state index contributed by atoms with van der Waals surface area (Å²) in [5.74, 6) is -0.228. The third-order valence-corrected chi connectivity index (χ3v) is 2.84. The van der Waals surface area contributed by atoms with Crippen molar-refractivity contribution >= 4 is 5.69 Å². The van der Waals surface area contributed by atoms with Gasteiger partial charge in [-0.25, -0.2) is 4.39 Å². The molecule has 1 rings (SSSR count). The first-order chi connectivity index (χ1) is 8.60. The lowest BCUT2D eigenvalue weighted by Crippen LogP contribution is -2.30. The number of hydrogen-bond acceptors (Lipinski definition) is 3. The Morgan fingerprint density at radius 1 is 1.39 bits per heavy atom. The maximum absolute atomic E-state index is 14.0. The number of rotatable bonds is 7. The van der Waals surface area contributed by atoms with E-state index >= 15 is 0 Å². The summed E-state index contributed by atoms with van der Waals surface area (Å²) >= 11 is 0. The van der Waals surface area contributed by atoms with Crippen LogP contribution in [0.5, 0.6) is 0 Å². The minimum absolute atomic E-state index is 0.0270. The molecule has 0 aliphatic heterocycles. The lowest BCUT2D eigenvalue weighted by Gasteiger charge is -2.26. The van der Waals surface area contributed by atoms with Gasteiger partial charge in [-0.15, -0.1) is 0 Å². The Morgan fingerprint density at radius 2 is 2.11 bits per heavy atom. The van der Waals surface area contributed by atoms with Gasteiger partial charge in [-0.3, -0.25) is 0 Å². The van der Waals surface area contributed by atoms with Crippen molar-refractivity contribution in [3.8, 4) is 0 Å². The summed E-state index contributed by atoms with van der Waals surface area (Å²) in [5, 5.41) is 12.3. The average Bonchev–Trinajstić information content (AvgIpc) is 2.34. The van der Waals surface area contributed by atoms with E-state index in [4.69, 9.17) is 5.11 Å². The van der Waals surface area contributed by atoms with Crippen LogP contribution < -0.4 is 10.2 Å². The predicted molar refractivity (Wildman–Crippen MR) is 73.3 cm³/mol. The second-order valence-electron chi connectivity index (χ2n) is 4.59. The van der Waals surface area contributed by atoms with Crippen molar-refractivity contribution in [3.63, 3.8) is 0 Å². The number of hydrogen-bond donors (Lipinski definition) is 2. The first kappa shape index (κ1) is 14.9. The Labute approximate surface area is 109 Å². The summed E-state index contributed by atoms with van der Waals surface area (Å²) in [6.07, 6.45) is 0. The molecule has 0 fully saturated rings. The van der Waals surface area contributed by atoms with Crippen molar-refractivity contribution in [2.45, 2.75) is 33.4 Å². The van der Waals surface area contributed by atoms with Gasteiger partial charge in [0.2, 0.25) is 0 Å². The molecule has 0 atom stereocenters. The number of likely N-dealkylation sites (N-methyl/N-ethyl adjacent to an activating group) is 1. The monoisotopic (exact) mass is 254 g/mol. The number of nitrogens with zero attached hydrogens (tertiary/aromatic N) is 1. The zero-order valence-corrected chi connectivity index (χ0v) is 11.4. The molecule has 0 bridgehead atoms. The molecule has 4 heteroatoms. The number of para-hydroxylation sites is 1. The number of anilines is 1. The largest absolute Gasteiger partial charge is 0.395 e. The van der Waals surface area contributed by atoms with Gasteiger partial charge >= 0.3 is 0 Å². The molecule has 0 unspecified atom stereocenters. The standard InChI is InChI=1S/C14H23FN2O/c1-4-17(8-9-18)14-12(10-16-11(2)3)6-5-7-13(14)15/h5-7,11,16,18H,4,8-10H2,1-3H3. The lowest BCUT2D eigenvalue weighted by molar-refractivity contribution is 0.302. The third kappa shape index (κ3) is 3.96. The van der Waals surface area contributed by atoms with Crippen molar-refractivity contribution in [3.05, 3.63) is 29.6 Å². The topological polar surface area (TPSA) is 35.5 Å². The zero-order chi connectivity index (χ0) is 13.5. The Hall–Kier alpha value is -1.13. The van der Waals surface area contributed by atoms with Gasteiger partial charge in [0.1, 0.15) is 5.82 Å². The highest BCUT2D eigenvalue weighted by Gasteiger charge is 2.14. The van der Waals surface area contributed by atoms with Crippen LogP contribution >= 0.6 is 0 Å². The molecule has 18 heavy (non-hydrogen) atoms. The van der Waals surface area contributed by atoms with Crippen LogP contribution in [0.1, 0.15) is 26.3 Å². The Balaban J connectivity index is 2.98. The lowest BCUT2D eigenvalue weighted by atomic mass is 10.1. The van der Waals surface area contributed by atoms with E-state index in [-0.39, 0.29) is 12.4 Å². The molecule has 0 amide bonds. The molecule has 0 aromatic heterocycles. The highest BCUT2D eigenvalue weighted by Crippen LogP contribution is 2.24. The van der Waals surface area contributed by atoms with Crippen LogP contribution in [0.25, 0.3) is 0 Å². The maximum Gasteiger partial charge on any atom is 0.146 e. The van der Waals surface area contributed by atoms with Crippen LogP contribution in [0.3, 0.4) is 0 Å². The van der Waals surface area contributed by atoms with Crippen molar-refractivity contribution in [1.82, 2.24) is 5.32 Å². The molecule has 0 saturated heterocycles. The van der Waals surface area contributed by atoms with Gasteiger partial charge in [0.25, 0.3) is 0 Å². The first-order valence-corrected chi connectivity index (χ1v) is 6.46. The van der Waals surface area contributed by atoms with Crippen LogP contribution in [0.4, 0.5) is 10.1 Å². The van der Waals surface area contributed by atoms with E-state index in [0.717, 1.165) is 5.56 Å². The molecule has 0 heterocycles. The maximum atomic E-state index is 14.0. The van der Waals surface area contributed by atoms with Gasteiger partial charge in [-0.05, 0) is 18.6 Å². The van der Waals surface area contributed by atoms with Crippen molar-refractivity contribution < 1.29 is 9.50 Å². The highest BCUT2D eigenvalue weighted by atomic mass is 19.1. The summed E-state index contributed by atoms with van der Waals surface area (Å²) < 4.78 is 14.0. The smallest absolute Gasteiger partial charge is 0.146 e. The number of aliphatic hydroxyl groups excluding tert-OH is 1. The summed E-state index contributed by atoms with van der Waals surface area (Å²) in [4.78, 5) is 1.87. The second kappa shape index (κ2) is 7.34. The number of benzene rings is 1. The van der Waals surface area contributed by atoms with Gasteiger partial charge < -0.3 is 15.3 Å². The van der Waals surface area contributed by atoms with E-state index in [9.17, 15) is 4.39 Å². The van der Waals surface area contributed by atoms with Crippen LogP contribution in [0.15, 0.2) is 18.2 Å². The van der Waals surface area contributed by atoms with Gasteiger partial charge in [0.05, 0.1) is 12.3 Å². The molecule has 0 saturated carbocycles. The number of nitrogens with one attached hydrogen (secondary N) is 1. The molecule has 3 nitrogen and oxygen atoms in total.